The normalized spacial score (nSPS) is 10.5. The Labute approximate surface area is 179 Å². The number of rotatable bonds is 6. The third kappa shape index (κ3) is 5.32. The summed E-state index contributed by atoms with van der Waals surface area (Å²) in [6, 6.07) is 12.8. The van der Waals surface area contributed by atoms with Crippen molar-refractivity contribution in [1.29, 1.82) is 0 Å². The highest BCUT2D eigenvalue weighted by Crippen LogP contribution is 2.20. The van der Waals surface area contributed by atoms with Crippen molar-refractivity contribution in [3.8, 4) is 0 Å². The Kier molecular flexibility index (Phi) is 6.63. The van der Waals surface area contributed by atoms with Crippen LogP contribution in [0.2, 0.25) is 0 Å². The fraction of sp³-hybridized carbons (Fsp3) is 0.143. The first kappa shape index (κ1) is 21.3. The molecule has 3 aromatic rings. The minimum atomic E-state index is -0.738. The molecule has 0 aliphatic carbocycles. The zero-order chi connectivity index (χ0) is 21.7. The smallest absolute Gasteiger partial charge is 0.349 e. The maximum absolute atomic E-state index is 12.5. The summed E-state index contributed by atoms with van der Waals surface area (Å²) in [5, 5.41) is 8.48. The van der Waals surface area contributed by atoms with E-state index in [2.05, 4.69) is 31.9 Å². The lowest BCUT2D eigenvalue weighted by atomic mass is 10.1. The van der Waals surface area contributed by atoms with Crippen LogP contribution in [0.25, 0.3) is 11.0 Å². The molecule has 8 nitrogen and oxygen atoms in total. The van der Waals surface area contributed by atoms with Crippen LogP contribution in [0.3, 0.4) is 0 Å². The molecule has 0 spiro atoms. The van der Waals surface area contributed by atoms with E-state index < -0.39 is 11.5 Å². The maximum atomic E-state index is 12.5. The van der Waals surface area contributed by atoms with Crippen molar-refractivity contribution < 1.29 is 18.8 Å². The van der Waals surface area contributed by atoms with E-state index in [-0.39, 0.29) is 17.4 Å². The van der Waals surface area contributed by atoms with Gasteiger partial charge in [-0.05, 0) is 48.5 Å². The molecule has 0 aliphatic heterocycles. The number of anilines is 1. The largest absolute Gasteiger partial charge is 0.422 e. The highest BCUT2D eigenvalue weighted by atomic mass is 79.9. The lowest BCUT2D eigenvalue weighted by molar-refractivity contribution is -0.118. The van der Waals surface area contributed by atoms with Gasteiger partial charge in [0, 0.05) is 41.1 Å². The molecule has 1 heterocycles. The third-order valence-electron chi connectivity index (χ3n) is 4.13. The van der Waals surface area contributed by atoms with E-state index in [1.165, 1.54) is 13.0 Å². The van der Waals surface area contributed by atoms with Crippen molar-refractivity contribution in [3.63, 3.8) is 0 Å². The second-order valence-corrected chi connectivity index (χ2v) is 7.32. The van der Waals surface area contributed by atoms with Crippen LogP contribution in [0.15, 0.2) is 62.2 Å². The average molecular weight is 472 g/mol. The van der Waals surface area contributed by atoms with Gasteiger partial charge in [-0.2, -0.15) is 0 Å². The van der Waals surface area contributed by atoms with Crippen molar-refractivity contribution in [2.75, 3.05) is 18.4 Å². The predicted octanol–water partition coefficient (Wildman–Crippen LogP) is 2.67. The van der Waals surface area contributed by atoms with Gasteiger partial charge < -0.3 is 20.4 Å². The lowest BCUT2D eigenvalue weighted by Gasteiger charge is -2.08. The molecule has 0 saturated heterocycles. The fourth-order valence-corrected chi connectivity index (χ4v) is 3.05. The van der Waals surface area contributed by atoms with Gasteiger partial charge in [0.05, 0.1) is 0 Å². The predicted molar refractivity (Wildman–Crippen MR) is 116 cm³/mol. The fourth-order valence-electron chi connectivity index (χ4n) is 2.67. The first-order valence-electron chi connectivity index (χ1n) is 9.01. The van der Waals surface area contributed by atoms with Crippen LogP contribution in [-0.2, 0) is 4.79 Å². The summed E-state index contributed by atoms with van der Waals surface area (Å²) in [7, 11) is 0. The number of hydrogen-bond acceptors (Lipinski definition) is 5. The molecule has 0 atom stereocenters. The van der Waals surface area contributed by atoms with Crippen LogP contribution < -0.4 is 21.6 Å². The molecule has 2 aromatic carbocycles. The average Bonchev–Trinajstić information content (AvgIpc) is 2.71. The molecule has 0 bridgehead atoms. The van der Waals surface area contributed by atoms with Crippen LogP contribution >= 0.6 is 15.9 Å². The number of hydrogen-bond donors (Lipinski definition) is 3. The summed E-state index contributed by atoms with van der Waals surface area (Å²) in [6.45, 7) is 2.03. The molecule has 0 radical (unpaired) electrons. The van der Waals surface area contributed by atoms with Gasteiger partial charge in [0.25, 0.3) is 11.8 Å². The Hall–Kier alpha value is -3.46. The van der Waals surface area contributed by atoms with Crippen molar-refractivity contribution in [1.82, 2.24) is 10.6 Å². The molecule has 3 N–H and O–H groups in total. The lowest BCUT2D eigenvalue weighted by Crippen LogP contribution is -2.33. The van der Waals surface area contributed by atoms with E-state index in [0.717, 1.165) is 4.47 Å². The minimum absolute atomic E-state index is 0.125. The molecule has 9 heteroatoms. The van der Waals surface area contributed by atoms with Crippen molar-refractivity contribution in [3.05, 3.63) is 74.6 Å². The molecular weight excluding hydrogens is 454 g/mol. The molecule has 0 saturated carbocycles. The van der Waals surface area contributed by atoms with E-state index in [1.54, 1.807) is 42.5 Å². The first-order chi connectivity index (χ1) is 14.3. The molecule has 1 aromatic heterocycles. The van der Waals surface area contributed by atoms with E-state index in [0.29, 0.717) is 35.3 Å². The Morgan fingerprint density at radius 2 is 1.63 bits per heavy atom. The van der Waals surface area contributed by atoms with Crippen LogP contribution in [-0.4, -0.2) is 30.8 Å². The summed E-state index contributed by atoms with van der Waals surface area (Å²) in [4.78, 5) is 47.5. The Bertz CT molecular complexity index is 1170. The van der Waals surface area contributed by atoms with Gasteiger partial charge in [-0.25, -0.2) is 4.79 Å². The monoisotopic (exact) mass is 471 g/mol. The Balaban J connectivity index is 1.66. The van der Waals surface area contributed by atoms with E-state index in [4.69, 9.17) is 4.42 Å². The number of amides is 3. The summed E-state index contributed by atoms with van der Waals surface area (Å²) < 4.78 is 6.00. The zero-order valence-corrected chi connectivity index (χ0v) is 17.5. The molecule has 0 unspecified atom stereocenters. The maximum Gasteiger partial charge on any atom is 0.349 e. The Morgan fingerprint density at radius 3 is 2.33 bits per heavy atom. The number of halogens is 1. The van der Waals surface area contributed by atoms with Crippen molar-refractivity contribution in [2.45, 2.75) is 6.92 Å². The topological polar surface area (TPSA) is 118 Å². The number of benzene rings is 2. The van der Waals surface area contributed by atoms with Gasteiger partial charge in [-0.1, -0.05) is 15.9 Å². The van der Waals surface area contributed by atoms with E-state index >= 15 is 0 Å². The van der Waals surface area contributed by atoms with Crippen molar-refractivity contribution in [2.24, 2.45) is 0 Å². The molecule has 30 heavy (non-hydrogen) atoms. The van der Waals surface area contributed by atoms with Gasteiger partial charge in [-0.15, -0.1) is 0 Å². The molecule has 0 aliphatic rings. The summed E-state index contributed by atoms with van der Waals surface area (Å²) >= 11 is 3.34. The van der Waals surface area contributed by atoms with Gasteiger partial charge in [-0.3, -0.25) is 14.4 Å². The quantitative estimate of drug-likeness (QED) is 0.377. The summed E-state index contributed by atoms with van der Waals surface area (Å²) in [5.74, 6) is -1.09. The summed E-state index contributed by atoms with van der Waals surface area (Å²) in [5.41, 5.74) is 0.334. The zero-order valence-electron chi connectivity index (χ0n) is 16.0. The number of fused-ring (bicyclic) bond motifs is 1. The number of carbonyl (C=O) groups excluding carboxylic acids is 3. The van der Waals surface area contributed by atoms with Crippen LogP contribution in [0.5, 0.6) is 0 Å². The molecule has 0 fully saturated rings. The van der Waals surface area contributed by atoms with Crippen LogP contribution in [0.4, 0.5) is 5.69 Å². The minimum Gasteiger partial charge on any atom is -0.422 e. The summed E-state index contributed by atoms with van der Waals surface area (Å²) in [6.07, 6.45) is 0. The highest BCUT2D eigenvalue weighted by Gasteiger charge is 2.14. The third-order valence-corrected chi connectivity index (χ3v) is 4.62. The molecule has 3 amide bonds. The van der Waals surface area contributed by atoms with Gasteiger partial charge in [0.1, 0.15) is 11.1 Å². The van der Waals surface area contributed by atoms with Gasteiger partial charge >= 0.3 is 5.63 Å². The van der Waals surface area contributed by atoms with Crippen LogP contribution in [0.1, 0.15) is 27.6 Å². The SMILES string of the molecule is CC(=O)NCCNC(=O)c1ccc(NC(=O)c2cc3cc(Br)ccc3oc2=O)cc1. The second kappa shape index (κ2) is 9.36. The van der Waals surface area contributed by atoms with E-state index in [1.807, 2.05) is 0 Å². The highest BCUT2D eigenvalue weighted by molar-refractivity contribution is 9.10. The molecule has 3 rings (SSSR count). The number of nitrogens with one attached hydrogen (secondary N) is 3. The molecule has 154 valence electrons. The number of carbonyl (C=O) groups is 3. The van der Waals surface area contributed by atoms with Gasteiger partial charge in [0.15, 0.2) is 0 Å². The molecular formula is C21H18BrN3O5. The van der Waals surface area contributed by atoms with Gasteiger partial charge in [0.2, 0.25) is 5.91 Å². The Morgan fingerprint density at radius 1 is 0.933 bits per heavy atom. The second-order valence-electron chi connectivity index (χ2n) is 6.40. The standard InChI is InChI=1S/C21H18BrN3O5/c1-12(26)23-8-9-24-19(27)13-2-5-16(6-3-13)25-20(28)17-11-14-10-15(22)4-7-18(14)30-21(17)29/h2-7,10-11H,8-9H2,1H3,(H,23,26)(H,24,27)(H,25,28). The van der Waals surface area contributed by atoms with Crippen LogP contribution in [0, 0.1) is 0 Å². The van der Waals surface area contributed by atoms with Crippen molar-refractivity contribution >= 4 is 50.3 Å². The first-order valence-corrected chi connectivity index (χ1v) is 9.80. The van der Waals surface area contributed by atoms with E-state index in [9.17, 15) is 19.2 Å².